The lowest BCUT2D eigenvalue weighted by molar-refractivity contribution is -0.115. The first kappa shape index (κ1) is 11.7. The topological polar surface area (TPSA) is 30.2 Å². The summed E-state index contributed by atoms with van der Waals surface area (Å²) in [7, 11) is 0. The molecule has 0 radical (unpaired) electrons. The number of allylic oxidation sites excluding steroid dienone is 3. The van der Waals surface area contributed by atoms with Crippen molar-refractivity contribution in [2.45, 2.75) is 12.8 Å². The zero-order valence-electron chi connectivity index (χ0n) is 10.5. The van der Waals surface area contributed by atoms with E-state index in [1.54, 1.807) is 6.26 Å². The minimum Gasteiger partial charge on any atom is -0.464 e. The molecule has 0 bridgehead atoms. The van der Waals surface area contributed by atoms with Gasteiger partial charge in [0.2, 0.25) is 0 Å². The van der Waals surface area contributed by atoms with Gasteiger partial charge in [-0.15, -0.1) is 0 Å². The van der Waals surface area contributed by atoms with E-state index in [4.69, 9.17) is 4.42 Å². The summed E-state index contributed by atoms with van der Waals surface area (Å²) in [6.45, 7) is 0. The van der Waals surface area contributed by atoms with Gasteiger partial charge in [0.15, 0.2) is 5.78 Å². The van der Waals surface area contributed by atoms with Crippen LogP contribution in [0.15, 0.2) is 64.8 Å². The molecule has 0 unspecified atom stereocenters. The van der Waals surface area contributed by atoms with Gasteiger partial charge in [-0.25, -0.2) is 0 Å². The molecule has 0 spiro atoms. The van der Waals surface area contributed by atoms with E-state index >= 15 is 0 Å². The Hall–Kier alpha value is -2.35. The maximum atomic E-state index is 11.9. The molecular formula is C17H14O2. The van der Waals surface area contributed by atoms with Crippen molar-refractivity contribution in [3.63, 3.8) is 0 Å². The van der Waals surface area contributed by atoms with E-state index in [9.17, 15) is 4.79 Å². The van der Waals surface area contributed by atoms with Crippen LogP contribution in [0.2, 0.25) is 0 Å². The van der Waals surface area contributed by atoms with E-state index in [-0.39, 0.29) is 5.78 Å². The molecule has 3 rings (SSSR count). The fourth-order valence-electron chi connectivity index (χ4n) is 2.24. The first-order chi connectivity index (χ1) is 9.34. The second-order valence-electron chi connectivity index (χ2n) is 4.53. The van der Waals surface area contributed by atoms with E-state index < -0.39 is 0 Å². The van der Waals surface area contributed by atoms with Gasteiger partial charge in [-0.05, 0) is 30.2 Å². The maximum absolute atomic E-state index is 11.9. The molecule has 1 aromatic carbocycles. The zero-order valence-corrected chi connectivity index (χ0v) is 10.5. The summed E-state index contributed by atoms with van der Waals surface area (Å²) in [6, 6.07) is 11.7. The molecule has 94 valence electrons. The van der Waals surface area contributed by atoms with Gasteiger partial charge < -0.3 is 4.42 Å². The predicted molar refractivity (Wildman–Crippen MR) is 75.5 cm³/mol. The molecule has 0 fully saturated rings. The Balaban J connectivity index is 2.06. The first-order valence-corrected chi connectivity index (χ1v) is 6.39. The summed E-state index contributed by atoms with van der Waals surface area (Å²) in [5.41, 5.74) is 2.78. The van der Waals surface area contributed by atoms with Gasteiger partial charge in [-0.3, -0.25) is 4.79 Å². The van der Waals surface area contributed by atoms with E-state index in [2.05, 4.69) is 0 Å². The molecule has 0 atom stereocenters. The van der Waals surface area contributed by atoms with E-state index in [1.807, 2.05) is 54.6 Å². The Labute approximate surface area is 112 Å². The van der Waals surface area contributed by atoms with E-state index in [0.29, 0.717) is 6.42 Å². The van der Waals surface area contributed by atoms with Gasteiger partial charge in [0.05, 0.1) is 6.26 Å². The van der Waals surface area contributed by atoms with Crippen molar-refractivity contribution in [1.29, 1.82) is 0 Å². The van der Waals surface area contributed by atoms with Crippen molar-refractivity contribution >= 4 is 11.9 Å². The average molecular weight is 250 g/mol. The van der Waals surface area contributed by atoms with Crippen molar-refractivity contribution in [3.8, 4) is 11.3 Å². The molecule has 19 heavy (non-hydrogen) atoms. The molecule has 1 aromatic heterocycles. The fourth-order valence-corrected chi connectivity index (χ4v) is 2.24. The van der Waals surface area contributed by atoms with Crippen LogP contribution < -0.4 is 0 Å². The number of hydrogen-bond acceptors (Lipinski definition) is 2. The number of benzene rings is 1. The number of Topliss-reactive ketones (excluding diaryl/α,β-unsaturated/α-hetero) is 1. The minimum atomic E-state index is 0.205. The zero-order chi connectivity index (χ0) is 13.1. The SMILES string of the molecule is O=C1CCC=C/C1=C\c1ccccc1-c1ccco1. The molecule has 0 amide bonds. The van der Waals surface area contributed by atoms with Gasteiger partial charge in [0.25, 0.3) is 0 Å². The summed E-state index contributed by atoms with van der Waals surface area (Å²) < 4.78 is 5.44. The Bertz CT molecular complexity index is 646. The maximum Gasteiger partial charge on any atom is 0.163 e. The fraction of sp³-hybridized carbons (Fsp3) is 0.118. The lowest BCUT2D eigenvalue weighted by Gasteiger charge is -2.08. The Kier molecular flexibility index (Phi) is 3.15. The second kappa shape index (κ2) is 5.11. The van der Waals surface area contributed by atoms with Gasteiger partial charge >= 0.3 is 0 Å². The van der Waals surface area contributed by atoms with Crippen LogP contribution >= 0.6 is 0 Å². The van der Waals surface area contributed by atoms with Gasteiger partial charge in [-0.1, -0.05) is 36.4 Å². The predicted octanol–water partition coefficient (Wildman–Crippen LogP) is 4.25. The lowest BCUT2D eigenvalue weighted by atomic mass is 9.96. The molecule has 0 saturated carbocycles. The van der Waals surface area contributed by atoms with Crippen LogP contribution in [-0.4, -0.2) is 5.78 Å². The molecule has 1 heterocycles. The molecule has 2 aromatic rings. The standard InChI is InChI=1S/C17H14O2/c18-16-9-4-2-7-14(16)12-13-6-1-3-8-15(13)17-10-5-11-19-17/h1-3,5-8,10-12H,4,9H2/b14-12+. The third-order valence-electron chi connectivity index (χ3n) is 3.22. The number of ketones is 1. The van der Waals surface area contributed by atoms with E-state index in [1.165, 1.54) is 0 Å². The van der Waals surface area contributed by atoms with Crippen molar-refractivity contribution in [2.75, 3.05) is 0 Å². The van der Waals surface area contributed by atoms with Crippen molar-refractivity contribution in [3.05, 3.63) is 65.9 Å². The highest BCUT2D eigenvalue weighted by molar-refractivity contribution is 6.03. The largest absolute Gasteiger partial charge is 0.464 e. The van der Waals surface area contributed by atoms with Gasteiger partial charge in [-0.2, -0.15) is 0 Å². The minimum absolute atomic E-state index is 0.205. The van der Waals surface area contributed by atoms with E-state index in [0.717, 1.165) is 28.9 Å². The summed E-state index contributed by atoms with van der Waals surface area (Å²) in [5, 5.41) is 0. The summed E-state index contributed by atoms with van der Waals surface area (Å²) >= 11 is 0. The molecule has 0 aliphatic heterocycles. The molecule has 1 aliphatic rings. The number of carbonyl (C=O) groups is 1. The monoisotopic (exact) mass is 250 g/mol. The first-order valence-electron chi connectivity index (χ1n) is 6.39. The van der Waals surface area contributed by atoms with Crippen molar-refractivity contribution < 1.29 is 9.21 Å². The van der Waals surface area contributed by atoms with Crippen LogP contribution in [-0.2, 0) is 4.79 Å². The Morgan fingerprint density at radius 2 is 2.00 bits per heavy atom. The average Bonchev–Trinajstić information content (AvgIpc) is 2.96. The molecular weight excluding hydrogens is 236 g/mol. The highest BCUT2D eigenvalue weighted by Gasteiger charge is 2.12. The third kappa shape index (κ3) is 2.43. The summed E-state index contributed by atoms with van der Waals surface area (Å²) in [4.78, 5) is 11.9. The third-order valence-corrected chi connectivity index (χ3v) is 3.22. The number of hydrogen-bond donors (Lipinski definition) is 0. The Morgan fingerprint density at radius 1 is 1.11 bits per heavy atom. The second-order valence-corrected chi connectivity index (χ2v) is 4.53. The quantitative estimate of drug-likeness (QED) is 0.746. The van der Waals surface area contributed by atoms with Crippen LogP contribution in [0.25, 0.3) is 17.4 Å². The summed E-state index contributed by atoms with van der Waals surface area (Å²) in [6.07, 6.45) is 9.00. The molecule has 2 nitrogen and oxygen atoms in total. The molecule has 0 saturated heterocycles. The van der Waals surface area contributed by atoms with Crippen LogP contribution in [0.5, 0.6) is 0 Å². The molecule has 1 aliphatic carbocycles. The lowest BCUT2D eigenvalue weighted by Crippen LogP contribution is -2.03. The number of furan rings is 1. The van der Waals surface area contributed by atoms with Crippen molar-refractivity contribution in [1.82, 2.24) is 0 Å². The smallest absolute Gasteiger partial charge is 0.163 e. The number of carbonyl (C=O) groups excluding carboxylic acids is 1. The van der Waals surface area contributed by atoms with Crippen LogP contribution in [0.3, 0.4) is 0 Å². The highest BCUT2D eigenvalue weighted by Crippen LogP contribution is 2.27. The molecule has 2 heteroatoms. The van der Waals surface area contributed by atoms with Crippen molar-refractivity contribution in [2.24, 2.45) is 0 Å². The van der Waals surface area contributed by atoms with Gasteiger partial charge in [0, 0.05) is 17.6 Å². The summed E-state index contributed by atoms with van der Waals surface area (Å²) in [5.74, 6) is 1.02. The highest BCUT2D eigenvalue weighted by atomic mass is 16.3. The normalized spacial score (nSPS) is 17.1. The van der Waals surface area contributed by atoms with Crippen LogP contribution in [0.1, 0.15) is 18.4 Å². The van der Waals surface area contributed by atoms with Crippen LogP contribution in [0, 0.1) is 0 Å². The Morgan fingerprint density at radius 3 is 2.79 bits per heavy atom. The van der Waals surface area contributed by atoms with Gasteiger partial charge in [0.1, 0.15) is 5.76 Å². The molecule has 0 N–H and O–H groups in total. The number of rotatable bonds is 2. The van der Waals surface area contributed by atoms with Crippen LogP contribution in [0.4, 0.5) is 0 Å².